The van der Waals surface area contributed by atoms with Gasteiger partial charge in [-0.05, 0) is 30.7 Å². The molecule has 0 amide bonds. The first-order valence-corrected chi connectivity index (χ1v) is 7.69. The van der Waals surface area contributed by atoms with Gasteiger partial charge in [-0.1, -0.05) is 11.8 Å². The summed E-state index contributed by atoms with van der Waals surface area (Å²) in [7, 11) is 0. The zero-order chi connectivity index (χ0) is 13.9. The number of rotatable bonds is 5. The number of thioether (sulfide) groups is 1. The van der Waals surface area contributed by atoms with Gasteiger partial charge in [0.25, 0.3) is 0 Å². The predicted molar refractivity (Wildman–Crippen MR) is 78.6 cm³/mol. The highest BCUT2D eigenvalue weighted by Crippen LogP contribution is 2.26. The fraction of sp³-hybridized carbons (Fsp3) is 0.333. The second kappa shape index (κ2) is 5.71. The SMILES string of the molecule is CCn1ccnc1SCC(=O)c1ccc2c(c1)CCO2. The van der Waals surface area contributed by atoms with Crippen molar-refractivity contribution in [1.82, 2.24) is 9.55 Å². The largest absolute Gasteiger partial charge is 0.493 e. The van der Waals surface area contributed by atoms with Crippen LogP contribution in [-0.4, -0.2) is 27.7 Å². The lowest BCUT2D eigenvalue weighted by atomic mass is 10.1. The zero-order valence-electron chi connectivity index (χ0n) is 11.3. The third-order valence-electron chi connectivity index (χ3n) is 3.36. The van der Waals surface area contributed by atoms with Crippen molar-refractivity contribution in [3.63, 3.8) is 0 Å². The molecule has 104 valence electrons. The lowest BCUT2D eigenvalue weighted by Gasteiger charge is -2.05. The summed E-state index contributed by atoms with van der Waals surface area (Å²) < 4.78 is 7.49. The van der Waals surface area contributed by atoms with Crippen LogP contribution in [0.5, 0.6) is 5.75 Å². The molecule has 4 nitrogen and oxygen atoms in total. The first-order valence-electron chi connectivity index (χ1n) is 6.71. The number of imidazole rings is 1. The Morgan fingerprint density at radius 1 is 1.50 bits per heavy atom. The van der Waals surface area contributed by atoms with Crippen LogP contribution in [0.4, 0.5) is 0 Å². The number of Topliss-reactive ketones (excluding diaryl/α,β-unsaturated/α-hetero) is 1. The second-order valence-corrected chi connectivity index (χ2v) is 5.57. The number of nitrogens with zero attached hydrogens (tertiary/aromatic N) is 2. The molecule has 0 radical (unpaired) electrons. The fourth-order valence-electron chi connectivity index (χ4n) is 2.25. The van der Waals surface area contributed by atoms with E-state index in [0.29, 0.717) is 5.75 Å². The van der Waals surface area contributed by atoms with Crippen molar-refractivity contribution in [1.29, 1.82) is 0 Å². The smallest absolute Gasteiger partial charge is 0.173 e. The highest BCUT2D eigenvalue weighted by Gasteiger charge is 2.15. The van der Waals surface area contributed by atoms with E-state index in [2.05, 4.69) is 11.9 Å². The number of hydrogen-bond donors (Lipinski definition) is 0. The number of aryl methyl sites for hydroxylation is 1. The third kappa shape index (κ3) is 2.58. The standard InChI is InChI=1S/C15H16N2O2S/c1-2-17-7-6-16-15(17)20-10-13(18)11-3-4-14-12(9-11)5-8-19-14/h3-4,6-7,9H,2,5,8,10H2,1H3. The van der Waals surface area contributed by atoms with E-state index in [1.807, 2.05) is 29.0 Å². The summed E-state index contributed by atoms with van der Waals surface area (Å²) in [6.45, 7) is 3.65. The van der Waals surface area contributed by atoms with Gasteiger partial charge in [0.15, 0.2) is 10.9 Å². The van der Waals surface area contributed by atoms with Crippen LogP contribution in [0.1, 0.15) is 22.8 Å². The number of ether oxygens (including phenoxy) is 1. The minimum atomic E-state index is 0.135. The van der Waals surface area contributed by atoms with E-state index in [9.17, 15) is 4.79 Å². The van der Waals surface area contributed by atoms with Gasteiger partial charge in [0.05, 0.1) is 12.4 Å². The van der Waals surface area contributed by atoms with Crippen LogP contribution in [0.2, 0.25) is 0 Å². The lowest BCUT2D eigenvalue weighted by molar-refractivity contribution is 0.102. The minimum Gasteiger partial charge on any atom is -0.493 e. The average molecular weight is 288 g/mol. The van der Waals surface area contributed by atoms with Crippen molar-refractivity contribution in [3.8, 4) is 5.75 Å². The van der Waals surface area contributed by atoms with E-state index in [4.69, 9.17) is 4.74 Å². The van der Waals surface area contributed by atoms with Crippen LogP contribution < -0.4 is 4.74 Å². The molecule has 0 atom stereocenters. The molecule has 0 saturated carbocycles. The van der Waals surface area contributed by atoms with Gasteiger partial charge < -0.3 is 9.30 Å². The molecule has 0 spiro atoms. The monoisotopic (exact) mass is 288 g/mol. The number of carbonyl (C=O) groups is 1. The van der Waals surface area contributed by atoms with Crippen LogP contribution in [-0.2, 0) is 13.0 Å². The molecule has 0 bridgehead atoms. The molecule has 2 aromatic rings. The summed E-state index contributed by atoms with van der Waals surface area (Å²) in [5.41, 5.74) is 1.90. The Kier molecular flexibility index (Phi) is 3.78. The lowest BCUT2D eigenvalue weighted by Crippen LogP contribution is -2.04. The minimum absolute atomic E-state index is 0.135. The van der Waals surface area contributed by atoms with E-state index < -0.39 is 0 Å². The van der Waals surface area contributed by atoms with Crippen LogP contribution in [0.25, 0.3) is 0 Å². The molecule has 0 N–H and O–H groups in total. The Morgan fingerprint density at radius 3 is 3.25 bits per heavy atom. The topological polar surface area (TPSA) is 44.1 Å². The Morgan fingerprint density at radius 2 is 2.40 bits per heavy atom. The van der Waals surface area contributed by atoms with Gasteiger partial charge in [-0.25, -0.2) is 4.98 Å². The molecule has 0 fully saturated rings. The normalized spacial score (nSPS) is 13.1. The molecular weight excluding hydrogens is 272 g/mol. The van der Waals surface area contributed by atoms with Gasteiger partial charge in [-0.3, -0.25) is 4.79 Å². The van der Waals surface area contributed by atoms with Crippen molar-refractivity contribution in [3.05, 3.63) is 41.7 Å². The highest BCUT2D eigenvalue weighted by atomic mass is 32.2. The molecule has 1 aliphatic heterocycles. The molecular formula is C15H16N2O2S. The highest BCUT2D eigenvalue weighted by molar-refractivity contribution is 7.99. The van der Waals surface area contributed by atoms with Crippen LogP contribution >= 0.6 is 11.8 Å². The quantitative estimate of drug-likeness (QED) is 0.627. The average Bonchev–Trinajstić information content (AvgIpc) is 3.12. The Hall–Kier alpha value is -1.75. The van der Waals surface area contributed by atoms with Crippen molar-refractivity contribution >= 4 is 17.5 Å². The van der Waals surface area contributed by atoms with Crippen LogP contribution in [0.3, 0.4) is 0 Å². The molecule has 1 aromatic heterocycles. The Balaban J connectivity index is 1.67. The Bertz CT molecular complexity index is 637. The molecule has 2 heterocycles. The molecule has 3 rings (SSSR count). The zero-order valence-corrected chi connectivity index (χ0v) is 12.2. The summed E-state index contributed by atoms with van der Waals surface area (Å²) in [4.78, 5) is 16.5. The molecule has 0 aliphatic carbocycles. The maximum atomic E-state index is 12.2. The van der Waals surface area contributed by atoms with Crippen LogP contribution in [0.15, 0.2) is 35.7 Å². The van der Waals surface area contributed by atoms with Gasteiger partial charge in [0.1, 0.15) is 5.75 Å². The summed E-state index contributed by atoms with van der Waals surface area (Å²) in [6.07, 6.45) is 4.59. The van der Waals surface area contributed by atoms with E-state index >= 15 is 0 Å². The molecule has 1 aliphatic rings. The van der Waals surface area contributed by atoms with E-state index in [1.54, 1.807) is 6.20 Å². The predicted octanol–water partition coefficient (Wildman–Crippen LogP) is 2.81. The van der Waals surface area contributed by atoms with Gasteiger partial charge in [-0.2, -0.15) is 0 Å². The molecule has 0 unspecified atom stereocenters. The van der Waals surface area contributed by atoms with Crippen molar-refractivity contribution in [2.24, 2.45) is 0 Å². The fourth-order valence-corrected chi connectivity index (χ4v) is 3.17. The van der Waals surface area contributed by atoms with Gasteiger partial charge in [0, 0.05) is 30.9 Å². The maximum absolute atomic E-state index is 12.2. The summed E-state index contributed by atoms with van der Waals surface area (Å²) in [5, 5.41) is 0.894. The summed E-state index contributed by atoms with van der Waals surface area (Å²) in [6, 6.07) is 5.70. The third-order valence-corrected chi connectivity index (χ3v) is 4.37. The van der Waals surface area contributed by atoms with E-state index in [1.165, 1.54) is 11.8 Å². The number of carbonyl (C=O) groups excluding carboxylic acids is 1. The molecule has 5 heteroatoms. The first kappa shape index (κ1) is 13.2. The second-order valence-electron chi connectivity index (χ2n) is 4.63. The summed E-state index contributed by atoms with van der Waals surface area (Å²) in [5.74, 6) is 1.46. The molecule has 0 saturated heterocycles. The number of benzene rings is 1. The number of hydrogen-bond acceptors (Lipinski definition) is 4. The molecule has 20 heavy (non-hydrogen) atoms. The Labute approximate surface area is 122 Å². The van der Waals surface area contributed by atoms with Gasteiger partial charge in [-0.15, -0.1) is 0 Å². The number of aromatic nitrogens is 2. The van der Waals surface area contributed by atoms with E-state index in [-0.39, 0.29) is 5.78 Å². The van der Waals surface area contributed by atoms with Crippen molar-refractivity contribution in [2.45, 2.75) is 25.0 Å². The molecule has 1 aromatic carbocycles. The van der Waals surface area contributed by atoms with Crippen LogP contribution in [0, 0.1) is 0 Å². The van der Waals surface area contributed by atoms with Crippen molar-refractivity contribution in [2.75, 3.05) is 12.4 Å². The maximum Gasteiger partial charge on any atom is 0.173 e. The van der Waals surface area contributed by atoms with Gasteiger partial charge in [0.2, 0.25) is 0 Å². The van der Waals surface area contributed by atoms with Crippen molar-refractivity contribution < 1.29 is 9.53 Å². The first-order chi connectivity index (χ1) is 9.78. The number of ketones is 1. The summed E-state index contributed by atoms with van der Waals surface area (Å²) >= 11 is 1.49. The number of fused-ring (bicyclic) bond motifs is 1. The van der Waals surface area contributed by atoms with Gasteiger partial charge >= 0.3 is 0 Å². The van der Waals surface area contributed by atoms with E-state index in [0.717, 1.165) is 41.6 Å².